The number of rotatable bonds is 3. The molecule has 124 valence electrons. The van der Waals surface area contributed by atoms with E-state index in [0.717, 1.165) is 38.2 Å². The van der Waals surface area contributed by atoms with E-state index in [9.17, 15) is 0 Å². The number of hydrogen-bond acceptors (Lipinski definition) is 4. The molecule has 0 aliphatic carbocycles. The van der Waals surface area contributed by atoms with Crippen molar-refractivity contribution in [2.24, 2.45) is 0 Å². The number of thiazole rings is 1. The molecule has 0 unspecified atom stereocenters. The number of aromatic nitrogens is 1. The van der Waals surface area contributed by atoms with E-state index in [4.69, 9.17) is 23.2 Å². The number of nitrogens with zero attached hydrogens (tertiary/aromatic N) is 3. The van der Waals surface area contributed by atoms with Crippen LogP contribution in [0.3, 0.4) is 0 Å². The quantitative estimate of drug-likeness (QED) is 0.645. The highest BCUT2D eigenvalue weighted by molar-refractivity contribution is 7.16. The van der Waals surface area contributed by atoms with E-state index in [1.165, 1.54) is 16.0 Å². The van der Waals surface area contributed by atoms with Gasteiger partial charge in [-0.3, -0.25) is 4.90 Å². The maximum absolute atomic E-state index is 6.10. The fraction of sp³-hybridized carbons (Fsp3) is 0.278. The summed E-state index contributed by atoms with van der Waals surface area (Å²) in [7, 11) is 0. The van der Waals surface area contributed by atoms with E-state index in [2.05, 4.69) is 33.0 Å². The van der Waals surface area contributed by atoms with E-state index in [-0.39, 0.29) is 0 Å². The van der Waals surface area contributed by atoms with Crippen LogP contribution in [0.25, 0.3) is 10.2 Å². The summed E-state index contributed by atoms with van der Waals surface area (Å²) in [5.74, 6) is 0. The Bertz CT molecular complexity index is 836. The lowest BCUT2D eigenvalue weighted by molar-refractivity contribution is 0.250. The number of anilines is 1. The molecule has 6 heteroatoms. The summed E-state index contributed by atoms with van der Waals surface area (Å²) in [6, 6.07) is 12.2. The molecule has 1 fully saturated rings. The molecule has 0 atom stereocenters. The molecule has 3 nitrogen and oxygen atoms in total. The smallest absolute Gasteiger partial charge is 0.104 e. The molecule has 1 saturated heterocycles. The van der Waals surface area contributed by atoms with Crippen molar-refractivity contribution < 1.29 is 0 Å². The van der Waals surface area contributed by atoms with Gasteiger partial charge in [-0.15, -0.1) is 11.3 Å². The van der Waals surface area contributed by atoms with Gasteiger partial charge in [0.1, 0.15) is 5.52 Å². The van der Waals surface area contributed by atoms with Crippen molar-refractivity contribution in [2.45, 2.75) is 6.54 Å². The van der Waals surface area contributed by atoms with Crippen LogP contribution in [-0.2, 0) is 6.54 Å². The average molecular weight is 378 g/mol. The molecule has 4 rings (SSSR count). The minimum atomic E-state index is 0.700. The van der Waals surface area contributed by atoms with Gasteiger partial charge in [0.25, 0.3) is 0 Å². The number of benzene rings is 2. The number of halogens is 2. The van der Waals surface area contributed by atoms with Crippen molar-refractivity contribution in [3.63, 3.8) is 0 Å². The second kappa shape index (κ2) is 6.89. The lowest BCUT2D eigenvalue weighted by Gasteiger charge is -2.36. The Kier molecular flexibility index (Phi) is 4.63. The summed E-state index contributed by atoms with van der Waals surface area (Å²) in [4.78, 5) is 9.41. The third kappa shape index (κ3) is 3.38. The Morgan fingerprint density at radius 2 is 1.75 bits per heavy atom. The monoisotopic (exact) mass is 377 g/mol. The van der Waals surface area contributed by atoms with Crippen molar-refractivity contribution in [1.82, 2.24) is 9.88 Å². The zero-order chi connectivity index (χ0) is 16.5. The molecule has 1 aliphatic heterocycles. The second-order valence-corrected chi connectivity index (χ2v) is 7.78. The standard InChI is InChI=1S/C18H17Cl2N3S/c19-14-8-13(9-15(20)10-14)11-22-4-6-23(7-5-22)16-2-1-3-17-18(16)21-12-24-17/h1-3,8-10,12H,4-7,11H2. The second-order valence-electron chi connectivity index (χ2n) is 6.02. The van der Waals surface area contributed by atoms with Gasteiger partial charge in [0.15, 0.2) is 0 Å². The molecule has 0 amide bonds. The van der Waals surface area contributed by atoms with Crippen molar-refractivity contribution in [2.75, 3.05) is 31.1 Å². The van der Waals surface area contributed by atoms with Crippen LogP contribution in [0.2, 0.25) is 10.0 Å². The highest BCUT2D eigenvalue weighted by Crippen LogP contribution is 2.29. The Morgan fingerprint density at radius 1 is 1.00 bits per heavy atom. The maximum atomic E-state index is 6.10. The van der Waals surface area contributed by atoms with Crippen molar-refractivity contribution in [3.8, 4) is 0 Å². The molecular weight excluding hydrogens is 361 g/mol. The summed E-state index contributed by atoms with van der Waals surface area (Å²) in [5, 5.41) is 1.40. The van der Waals surface area contributed by atoms with Gasteiger partial charge in [0.05, 0.1) is 15.9 Å². The van der Waals surface area contributed by atoms with Crippen LogP contribution in [-0.4, -0.2) is 36.1 Å². The average Bonchev–Trinajstić information content (AvgIpc) is 3.03. The van der Waals surface area contributed by atoms with Gasteiger partial charge in [-0.25, -0.2) is 4.98 Å². The van der Waals surface area contributed by atoms with E-state index in [1.54, 1.807) is 17.4 Å². The molecule has 2 aromatic carbocycles. The van der Waals surface area contributed by atoms with E-state index in [1.807, 2.05) is 17.6 Å². The highest BCUT2D eigenvalue weighted by atomic mass is 35.5. The molecule has 0 saturated carbocycles. The summed E-state index contributed by atoms with van der Waals surface area (Å²) in [6.45, 7) is 4.93. The summed E-state index contributed by atoms with van der Waals surface area (Å²) in [6.07, 6.45) is 0. The normalized spacial score (nSPS) is 16.0. The lowest BCUT2D eigenvalue weighted by Crippen LogP contribution is -2.46. The summed E-state index contributed by atoms with van der Waals surface area (Å²) >= 11 is 13.9. The first-order valence-corrected chi connectivity index (χ1v) is 9.57. The Morgan fingerprint density at radius 3 is 2.50 bits per heavy atom. The molecule has 3 aromatic rings. The predicted molar refractivity (Wildman–Crippen MR) is 104 cm³/mol. The molecule has 24 heavy (non-hydrogen) atoms. The van der Waals surface area contributed by atoms with Crippen LogP contribution in [0.4, 0.5) is 5.69 Å². The fourth-order valence-corrected chi connectivity index (χ4v) is 4.50. The minimum Gasteiger partial charge on any atom is -0.367 e. The maximum Gasteiger partial charge on any atom is 0.104 e. The van der Waals surface area contributed by atoms with Gasteiger partial charge < -0.3 is 4.90 Å². The number of hydrogen-bond donors (Lipinski definition) is 0. The SMILES string of the molecule is Clc1cc(Cl)cc(CN2CCN(c3cccc4scnc34)CC2)c1. The molecule has 1 aromatic heterocycles. The fourth-order valence-electron chi connectivity index (χ4n) is 3.23. The summed E-state index contributed by atoms with van der Waals surface area (Å²) in [5.41, 5.74) is 5.46. The Balaban J connectivity index is 1.44. The number of para-hydroxylation sites is 1. The Labute approximate surface area is 155 Å². The molecule has 0 radical (unpaired) electrons. The van der Waals surface area contributed by atoms with Gasteiger partial charge >= 0.3 is 0 Å². The van der Waals surface area contributed by atoms with Gasteiger partial charge in [-0.05, 0) is 35.9 Å². The zero-order valence-corrected chi connectivity index (χ0v) is 15.4. The molecular formula is C18H17Cl2N3S. The van der Waals surface area contributed by atoms with E-state index >= 15 is 0 Å². The van der Waals surface area contributed by atoms with Gasteiger partial charge in [-0.2, -0.15) is 0 Å². The molecule has 2 heterocycles. The third-order valence-corrected chi connectivity index (χ3v) is 5.61. The van der Waals surface area contributed by atoms with Crippen LogP contribution in [0.15, 0.2) is 41.9 Å². The first-order valence-electron chi connectivity index (χ1n) is 7.93. The van der Waals surface area contributed by atoms with E-state index in [0.29, 0.717) is 10.0 Å². The number of piperazine rings is 1. The predicted octanol–water partition coefficient (Wildman–Crippen LogP) is 4.93. The van der Waals surface area contributed by atoms with Crippen LogP contribution >= 0.6 is 34.5 Å². The van der Waals surface area contributed by atoms with E-state index < -0.39 is 0 Å². The molecule has 1 aliphatic rings. The van der Waals surface area contributed by atoms with Crippen LogP contribution in [0, 0.1) is 0 Å². The first kappa shape index (κ1) is 16.2. The molecule has 0 bridgehead atoms. The Hall–Kier alpha value is -1.33. The minimum absolute atomic E-state index is 0.700. The molecule has 0 N–H and O–H groups in total. The van der Waals surface area contributed by atoms with Crippen molar-refractivity contribution in [3.05, 3.63) is 57.5 Å². The molecule has 0 spiro atoms. The van der Waals surface area contributed by atoms with Crippen molar-refractivity contribution >= 4 is 50.4 Å². The number of fused-ring (bicyclic) bond motifs is 1. The zero-order valence-electron chi connectivity index (χ0n) is 13.1. The highest BCUT2D eigenvalue weighted by Gasteiger charge is 2.19. The van der Waals surface area contributed by atoms with Crippen molar-refractivity contribution in [1.29, 1.82) is 0 Å². The largest absolute Gasteiger partial charge is 0.367 e. The van der Waals surface area contributed by atoms with Crippen LogP contribution < -0.4 is 4.90 Å². The van der Waals surface area contributed by atoms with Gasteiger partial charge in [0.2, 0.25) is 0 Å². The summed E-state index contributed by atoms with van der Waals surface area (Å²) < 4.78 is 1.25. The third-order valence-electron chi connectivity index (χ3n) is 4.38. The van der Waals surface area contributed by atoms with Crippen LogP contribution in [0.5, 0.6) is 0 Å². The first-order chi connectivity index (χ1) is 11.7. The van der Waals surface area contributed by atoms with Gasteiger partial charge in [-0.1, -0.05) is 29.3 Å². The van der Waals surface area contributed by atoms with Crippen LogP contribution in [0.1, 0.15) is 5.56 Å². The topological polar surface area (TPSA) is 19.4 Å². The lowest BCUT2D eigenvalue weighted by atomic mass is 10.2. The van der Waals surface area contributed by atoms with Gasteiger partial charge in [0, 0.05) is 42.8 Å².